The lowest BCUT2D eigenvalue weighted by molar-refractivity contribution is -0.385. The predicted octanol–water partition coefficient (Wildman–Crippen LogP) is 0.843. The van der Waals surface area contributed by atoms with Gasteiger partial charge < -0.3 is 4.74 Å². The number of aromatic nitrogens is 2. The lowest BCUT2D eigenvalue weighted by Crippen LogP contribution is -2.09. The number of carbonyl (C=O) groups excluding carboxylic acids is 1. The SMILES string of the molecule is COC(=O)c1nn(CC(F)F)cc1[N+](=O)[O-]. The number of hydrogen-bond donors (Lipinski definition) is 0. The van der Waals surface area contributed by atoms with Crippen LogP contribution in [-0.2, 0) is 11.3 Å². The average molecular weight is 235 g/mol. The standard InChI is InChI=1S/C7H7F2N3O4/c1-16-7(13)6-4(12(14)15)2-11(10-6)3-5(8)9/h2,5H,3H2,1H3. The first kappa shape index (κ1) is 12.0. The van der Waals surface area contributed by atoms with Gasteiger partial charge in [0.15, 0.2) is 0 Å². The topological polar surface area (TPSA) is 87.3 Å². The van der Waals surface area contributed by atoms with Crippen molar-refractivity contribution in [2.45, 2.75) is 13.0 Å². The summed E-state index contributed by atoms with van der Waals surface area (Å²) >= 11 is 0. The van der Waals surface area contributed by atoms with Crippen molar-refractivity contribution in [3.05, 3.63) is 22.0 Å². The molecule has 1 aromatic rings. The normalized spacial score (nSPS) is 10.5. The molecule has 0 aromatic carbocycles. The van der Waals surface area contributed by atoms with Crippen molar-refractivity contribution in [3.8, 4) is 0 Å². The van der Waals surface area contributed by atoms with Gasteiger partial charge in [0, 0.05) is 0 Å². The molecule has 7 nitrogen and oxygen atoms in total. The Morgan fingerprint density at radius 3 is 2.81 bits per heavy atom. The van der Waals surface area contributed by atoms with Crippen LogP contribution in [0.5, 0.6) is 0 Å². The lowest BCUT2D eigenvalue weighted by atomic mass is 10.4. The van der Waals surface area contributed by atoms with Gasteiger partial charge in [-0.2, -0.15) is 5.10 Å². The maximum Gasteiger partial charge on any atom is 0.365 e. The van der Waals surface area contributed by atoms with Crippen LogP contribution in [0.2, 0.25) is 0 Å². The van der Waals surface area contributed by atoms with Crippen LogP contribution in [0.15, 0.2) is 6.20 Å². The molecule has 0 radical (unpaired) electrons. The highest BCUT2D eigenvalue weighted by molar-refractivity contribution is 5.91. The largest absolute Gasteiger partial charge is 0.464 e. The second-order valence-corrected chi connectivity index (χ2v) is 2.72. The Hall–Kier alpha value is -2.06. The molecule has 0 unspecified atom stereocenters. The average Bonchev–Trinajstić information content (AvgIpc) is 2.59. The molecule has 1 heterocycles. The molecule has 16 heavy (non-hydrogen) atoms. The number of carbonyl (C=O) groups is 1. The molecule has 9 heteroatoms. The summed E-state index contributed by atoms with van der Waals surface area (Å²) in [6.45, 7) is -0.822. The smallest absolute Gasteiger partial charge is 0.365 e. The minimum atomic E-state index is -2.72. The first-order valence-corrected chi connectivity index (χ1v) is 4.04. The van der Waals surface area contributed by atoms with E-state index in [-0.39, 0.29) is 0 Å². The number of esters is 1. The molecular weight excluding hydrogens is 228 g/mol. The van der Waals surface area contributed by atoms with Gasteiger partial charge in [0.2, 0.25) is 5.69 Å². The minimum Gasteiger partial charge on any atom is -0.464 e. The third-order valence-electron chi connectivity index (χ3n) is 1.64. The number of ether oxygens (including phenoxy) is 1. The van der Waals surface area contributed by atoms with E-state index in [1.807, 2.05) is 0 Å². The Morgan fingerprint density at radius 2 is 2.38 bits per heavy atom. The van der Waals surface area contributed by atoms with Crippen LogP contribution < -0.4 is 0 Å². The highest BCUT2D eigenvalue weighted by atomic mass is 19.3. The zero-order valence-electron chi connectivity index (χ0n) is 8.09. The maximum atomic E-state index is 12.0. The molecule has 0 amide bonds. The first-order valence-electron chi connectivity index (χ1n) is 4.04. The molecule has 0 saturated carbocycles. The monoisotopic (exact) mass is 235 g/mol. The van der Waals surface area contributed by atoms with Crippen LogP contribution in [0, 0.1) is 10.1 Å². The Bertz CT molecular complexity index is 418. The number of rotatable bonds is 4. The number of alkyl halides is 2. The van der Waals surface area contributed by atoms with Crippen LogP contribution >= 0.6 is 0 Å². The zero-order chi connectivity index (χ0) is 12.3. The summed E-state index contributed by atoms with van der Waals surface area (Å²) in [5, 5.41) is 13.9. The van der Waals surface area contributed by atoms with Crippen molar-refractivity contribution in [2.24, 2.45) is 0 Å². The molecule has 1 rings (SSSR count). The number of nitrogens with zero attached hydrogens (tertiary/aromatic N) is 3. The molecule has 0 aliphatic heterocycles. The van der Waals surface area contributed by atoms with Crippen molar-refractivity contribution in [3.63, 3.8) is 0 Å². The summed E-state index contributed by atoms with van der Waals surface area (Å²) in [4.78, 5) is 20.7. The Morgan fingerprint density at radius 1 is 1.75 bits per heavy atom. The van der Waals surface area contributed by atoms with Crippen molar-refractivity contribution in [2.75, 3.05) is 7.11 Å². The van der Waals surface area contributed by atoms with Crippen LogP contribution in [0.1, 0.15) is 10.5 Å². The summed E-state index contributed by atoms with van der Waals surface area (Å²) in [5.41, 5.74) is -1.25. The van der Waals surface area contributed by atoms with Crippen molar-refractivity contribution in [1.29, 1.82) is 0 Å². The number of hydrogen-bond acceptors (Lipinski definition) is 5. The van der Waals surface area contributed by atoms with Crippen LogP contribution in [0.4, 0.5) is 14.5 Å². The summed E-state index contributed by atoms with van der Waals surface area (Å²) < 4.78 is 28.9. The van der Waals surface area contributed by atoms with Gasteiger partial charge in [-0.1, -0.05) is 0 Å². The molecule has 0 atom stereocenters. The second kappa shape index (κ2) is 4.64. The first-order chi connectivity index (χ1) is 7.45. The number of halogens is 2. The molecule has 0 saturated heterocycles. The molecule has 1 aromatic heterocycles. The van der Waals surface area contributed by atoms with Gasteiger partial charge in [0.1, 0.15) is 12.7 Å². The summed E-state index contributed by atoms with van der Waals surface area (Å²) in [6, 6.07) is 0. The molecule has 0 fully saturated rings. The maximum absolute atomic E-state index is 12.0. The van der Waals surface area contributed by atoms with Gasteiger partial charge in [-0.05, 0) is 0 Å². The van der Waals surface area contributed by atoms with Gasteiger partial charge in [-0.15, -0.1) is 0 Å². The summed E-state index contributed by atoms with van der Waals surface area (Å²) in [6.07, 6.45) is -1.96. The second-order valence-electron chi connectivity index (χ2n) is 2.72. The van der Waals surface area contributed by atoms with E-state index in [9.17, 15) is 23.7 Å². The van der Waals surface area contributed by atoms with E-state index < -0.39 is 35.2 Å². The van der Waals surface area contributed by atoms with Crippen LogP contribution in [0.3, 0.4) is 0 Å². The van der Waals surface area contributed by atoms with E-state index in [4.69, 9.17) is 0 Å². The quantitative estimate of drug-likeness (QED) is 0.438. The third-order valence-corrected chi connectivity index (χ3v) is 1.64. The molecule has 0 aliphatic carbocycles. The van der Waals surface area contributed by atoms with Crippen LogP contribution in [-0.4, -0.2) is 34.2 Å². The van der Waals surface area contributed by atoms with E-state index in [1.54, 1.807) is 0 Å². The van der Waals surface area contributed by atoms with E-state index in [0.717, 1.165) is 13.3 Å². The van der Waals surface area contributed by atoms with E-state index in [2.05, 4.69) is 9.84 Å². The fourth-order valence-corrected chi connectivity index (χ4v) is 1.02. The van der Waals surface area contributed by atoms with E-state index in [0.29, 0.717) is 4.68 Å². The molecule has 0 bridgehead atoms. The fourth-order valence-electron chi connectivity index (χ4n) is 1.02. The zero-order valence-corrected chi connectivity index (χ0v) is 8.09. The van der Waals surface area contributed by atoms with Gasteiger partial charge in [-0.3, -0.25) is 14.8 Å². The Labute approximate surface area is 87.8 Å². The third kappa shape index (κ3) is 2.49. The predicted molar refractivity (Wildman–Crippen MR) is 46.2 cm³/mol. The van der Waals surface area contributed by atoms with Gasteiger partial charge >= 0.3 is 11.7 Å². The van der Waals surface area contributed by atoms with E-state index >= 15 is 0 Å². The molecule has 0 aliphatic rings. The lowest BCUT2D eigenvalue weighted by Gasteiger charge is -1.97. The summed E-state index contributed by atoms with van der Waals surface area (Å²) in [7, 11) is 1.01. The minimum absolute atomic E-state index is 0.590. The molecule has 88 valence electrons. The molecule has 0 N–H and O–H groups in total. The van der Waals surface area contributed by atoms with Gasteiger partial charge in [0.05, 0.1) is 12.0 Å². The van der Waals surface area contributed by atoms with Crippen molar-refractivity contribution < 1.29 is 23.2 Å². The highest BCUT2D eigenvalue weighted by Crippen LogP contribution is 2.18. The molecule has 0 spiro atoms. The summed E-state index contributed by atoms with van der Waals surface area (Å²) in [5.74, 6) is -1.04. The van der Waals surface area contributed by atoms with Crippen LogP contribution in [0.25, 0.3) is 0 Å². The number of methoxy groups -OCH3 is 1. The fraction of sp³-hybridized carbons (Fsp3) is 0.429. The molecular formula is C7H7F2N3O4. The Balaban J connectivity index is 3.10. The highest BCUT2D eigenvalue weighted by Gasteiger charge is 2.26. The number of nitro groups is 1. The Kier molecular flexibility index (Phi) is 3.48. The van der Waals surface area contributed by atoms with Gasteiger partial charge in [-0.25, -0.2) is 13.6 Å². The van der Waals surface area contributed by atoms with Gasteiger partial charge in [0.25, 0.3) is 6.43 Å². The van der Waals surface area contributed by atoms with E-state index in [1.165, 1.54) is 0 Å². The van der Waals surface area contributed by atoms with Crippen molar-refractivity contribution in [1.82, 2.24) is 9.78 Å². The van der Waals surface area contributed by atoms with Crippen molar-refractivity contribution >= 4 is 11.7 Å².